The van der Waals surface area contributed by atoms with Gasteiger partial charge >= 0.3 is 0 Å². The highest BCUT2D eigenvalue weighted by atomic mass is 32.2. The van der Waals surface area contributed by atoms with Crippen LogP contribution >= 0.6 is 0 Å². The second kappa shape index (κ2) is 6.56. The van der Waals surface area contributed by atoms with E-state index in [1.165, 1.54) is 17.4 Å². The number of sulfonamides is 1. The molecule has 4 nitrogen and oxygen atoms in total. The summed E-state index contributed by atoms with van der Waals surface area (Å²) in [7, 11) is -2.18. The summed E-state index contributed by atoms with van der Waals surface area (Å²) in [4.78, 5) is -0.0216. The van der Waals surface area contributed by atoms with Gasteiger partial charge in [0.05, 0.1) is 4.90 Å². The predicted octanol–water partition coefficient (Wildman–Crippen LogP) is 1.59. The normalized spacial score (nSPS) is 15.4. The van der Waals surface area contributed by atoms with Crippen molar-refractivity contribution in [3.8, 4) is 11.8 Å². The van der Waals surface area contributed by atoms with Crippen LogP contribution in [0.1, 0.15) is 24.8 Å². The summed E-state index contributed by atoms with van der Waals surface area (Å²) >= 11 is 0. The minimum Gasteiger partial charge on any atom is -0.384 e. The molecule has 0 heterocycles. The molecule has 1 aromatic rings. The Balaban J connectivity index is 2.33. The zero-order valence-corrected chi connectivity index (χ0v) is 12.7. The fourth-order valence-electron chi connectivity index (χ4n) is 2.26. The Bertz CT molecular complexity index is 672. The Kier molecular flexibility index (Phi) is 4.99. The molecule has 0 atom stereocenters. The second-order valence-corrected chi connectivity index (χ2v) is 7.20. The lowest BCUT2D eigenvalue weighted by Gasteiger charge is -2.29. The average molecular weight is 311 g/mol. The lowest BCUT2D eigenvalue weighted by atomic mass is 9.86. The number of benzene rings is 1. The maximum absolute atomic E-state index is 13.3. The van der Waals surface area contributed by atoms with Gasteiger partial charge in [-0.05, 0) is 37.0 Å². The molecule has 1 aromatic carbocycles. The topological polar surface area (TPSA) is 57.6 Å². The lowest BCUT2D eigenvalue weighted by Crippen LogP contribution is -2.34. The first kappa shape index (κ1) is 16.0. The van der Waals surface area contributed by atoms with Gasteiger partial charge in [-0.1, -0.05) is 18.3 Å². The Hall–Kier alpha value is -1.42. The maximum atomic E-state index is 13.3. The van der Waals surface area contributed by atoms with E-state index in [1.54, 1.807) is 0 Å². The molecule has 0 spiro atoms. The molecule has 0 aromatic heterocycles. The molecule has 1 N–H and O–H groups in total. The molecule has 1 saturated carbocycles. The van der Waals surface area contributed by atoms with Crippen molar-refractivity contribution in [2.24, 2.45) is 5.92 Å². The summed E-state index contributed by atoms with van der Waals surface area (Å²) in [5.41, 5.74) is 0.0736. The second-order valence-electron chi connectivity index (χ2n) is 5.18. The number of aliphatic hydroxyl groups is 1. The predicted molar refractivity (Wildman–Crippen MR) is 77.5 cm³/mol. The van der Waals surface area contributed by atoms with Crippen molar-refractivity contribution in [1.82, 2.24) is 4.31 Å². The molecule has 0 unspecified atom stereocenters. The van der Waals surface area contributed by atoms with Gasteiger partial charge in [-0.2, -0.15) is 0 Å². The van der Waals surface area contributed by atoms with Crippen LogP contribution in [0, 0.1) is 23.6 Å². The van der Waals surface area contributed by atoms with Crippen molar-refractivity contribution in [3.05, 3.63) is 29.6 Å². The van der Waals surface area contributed by atoms with E-state index >= 15 is 0 Å². The van der Waals surface area contributed by atoms with E-state index < -0.39 is 22.4 Å². The standard InChI is InChI=1S/C15H18FNO3S/c1-17(11-12-4-2-5-12)21(19,20)15-8-7-14(16)10-13(15)6-3-9-18/h7-8,10,12,18H,2,4-5,9,11H2,1H3. The van der Waals surface area contributed by atoms with Crippen molar-refractivity contribution in [3.63, 3.8) is 0 Å². The third-order valence-electron chi connectivity index (χ3n) is 3.67. The molecule has 0 bridgehead atoms. The number of hydrogen-bond donors (Lipinski definition) is 1. The van der Waals surface area contributed by atoms with Crippen LogP contribution in [-0.4, -0.2) is 38.0 Å². The Labute approximate surface area is 124 Å². The first-order chi connectivity index (χ1) is 9.95. The third-order valence-corrected chi connectivity index (χ3v) is 5.55. The van der Waals surface area contributed by atoms with Gasteiger partial charge in [-0.3, -0.25) is 0 Å². The molecule has 6 heteroatoms. The Morgan fingerprint density at radius 1 is 1.43 bits per heavy atom. The molecular weight excluding hydrogens is 293 g/mol. The smallest absolute Gasteiger partial charge is 0.244 e. The van der Waals surface area contributed by atoms with Crippen molar-refractivity contribution >= 4 is 10.0 Å². The Morgan fingerprint density at radius 3 is 2.71 bits per heavy atom. The van der Waals surface area contributed by atoms with E-state index in [-0.39, 0.29) is 10.5 Å². The first-order valence-corrected chi connectivity index (χ1v) is 8.25. The lowest BCUT2D eigenvalue weighted by molar-refractivity contribution is 0.263. The van der Waals surface area contributed by atoms with Crippen LogP contribution in [0.25, 0.3) is 0 Å². The highest BCUT2D eigenvalue weighted by Gasteiger charge is 2.28. The van der Waals surface area contributed by atoms with Crippen molar-refractivity contribution < 1.29 is 17.9 Å². The molecule has 1 aliphatic rings. The average Bonchev–Trinajstić information content (AvgIpc) is 2.40. The van der Waals surface area contributed by atoms with Gasteiger partial charge in [-0.25, -0.2) is 17.1 Å². The molecule has 0 radical (unpaired) electrons. The van der Waals surface area contributed by atoms with E-state index in [0.29, 0.717) is 12.5 Å². The number of nitrogens with zero attached hydrogens (tertiary/aromatic N) is 1. The van der Waals surface area contributed by atoms with E-state index in [9.17, 15) is 12.8 Å². The van der Waals surface area contributed by atoms with Gasteiger partial charge in [0.2, 0.25) is 10.0 Å². The molecule has 1 fully saturated rings. The van der Waals surface area contributed by atoms with Gasteiger partial charge in [0.1, 0.15) is 12.4 Å². The van der Waals surface area contributed by atoms with Gasteiger partial charge in [0.25, 0.3) is 0 Å². The summed E-state index contributed by atoms with van der Waals surface area (Å²) in [6.45, 7) is 0.0560. The van der Waals surface area contributed by atoms with E-state index in [4.69, 9.17) is 5.11 Å². The Morgan fingerprint density at radius 2 is 2.14 bits per heavy atom. The summed E-state index contributed by atoms with van der Waals surface area (Å²) < 4.78 is 39.8. The zero-order valence-electron chi connectivity index (χ0n) is 11.8. The monoisotopic (exact) mass is 311 g/mol. The first-order valence-electron chi connectivity index (χ1n) is 6.81. The number of rotatable bonds is 4. The molecule has 114 valence electrons. The van der Waals surface area contributed by atoms with Crippen LogP contribution < -0.4 is 0 Å². The molecule has 1 aliphatic carbocycles. The fourth-order valence-corrected chi connectivity index (χ4v) is 3.64. The molecule has 0 saturated heterocycles. The van der Waals surface area contributed by atoms with Gasteiger partial charge in [-0.15, -0.1) is 0 Å². The molecule has 0 amide bonds. The zero-order chi connectivity index (χ0) is 15.5. The van der Waals surface area contributed by atoms with Crippen LogP contribution in [0.3, 0.4) is 0 Å². The summed E-state index contributed by atoms with van der Waals surface area (Å²) in [5, 5.41) is 8.73. The number of aliphatic hydroxyl groups excluding tert-OH is 1. The van der Waals surface area contributed by atoms with E-state index in [0.717, 1.165) is 31.4 Å². The minimum atomic E-state index is -3.71. The maximum Gasteiger partial charge on any atom is 0.244 e. The SMILES string of the molecule is CN(CC1CCC1)S(=O)(=O)c1ccc(F)cc1C#CCO. The van der Waals surface area contributed by atoms with Crippen LogP contribution in [0.2, 0.25) is 0 Å². The summed E-state index contributed by atoms with van der Waals surface area (Å²) in [6, 6.07) is 3.41. The fraction of sp³-hybridized carbons (Fsp3) is 0.467. The van der Waals surface area contributed by atoms with Crippen molar-refractivity contribution in [2.75, 3.05) is 20.2 Å². The van der Waals surface area contributed by atoms with Crippen molar-refractivity contribution in [2.45, 2.75) is 24.2 Å². The molecule has 0 aliphatic heterocycles. The van der Waals surface area contributed by atoms with E-state index in [2.05, 4.69) is 11.8 Å². The highest BCUT2D eigenvalue weighted by Crippen LogP contribution is 2.29. The summed E-state index contributed by atoms with van der Waals surface area (Å²) in [5.74, 6) is 4.71. The quantitative estimate of drug-likeness (QED) is 0.859. The third kappa shape index (κ3) is 3.62. The molecular formula is C15H18FNO3S. The van der Waals surface area contributed by atoms with Gasteiger partial charge in [0, 0.05) is 19.2 Å². The minimum absolute atomic E-state index is 0.0216. The molecule has 21 heavy (non-hydrogen) atoms. The number of hydrogen-bond acceptors (Lipinski definition) is 3. The largest absolute Gasteiger partial charge is 0.384 e. The summed E-state index contributed by atoms with van der Waals surface area (Å²) in [6.07, 6.45) is 3.23. The van der Waals surface area contributed by atoms with Crippen LogP contribution in [0.15, 0.2) is 23.1 Å². The van der Waals surface area contributed by atoms with E-state index in [1.807, 2.05) is 0 Å². The number of halogens is 1. The molecule has 2 rings (SSSR count). The highest BCUT2D eigenvalue weighted by molar-refractivity contribution is 7.89. The van der Waals surface area contributed by atoms with Gasteiger partial charge < -0.3 is 5.11 Å². The van der Waals surface area contributed by atoms with Crippen molar-refractivity contribution in [1.29, 1.82) is 0 Å². The van der Waals surface area contributed by atoms with Gasteiger partial charge in [0.15, 0.2) is 0 Å². The van der Waals surface area contributed by atoms with Crippen LogP contribution in [-0.2, 0) is 10.0 Å². The van der Waals surface area contributed by atoms with Crippen LogP contribution in [0.4, 0.5) is 4.39 Å². The van der Waals surface area contributed by atoms with Crippen LogP contribution in [0.5, 0.6) is 0 Å².